The Bertz CT molecular complexity index is 854. The van der Waals surface area contributed by atoms with Gasteiger partial charge in [0.05, 0.1) is 11.5 Å². The van der Waals surface area contributed by atoms with Crippen molar-refractivity contribution in [3.05, 3.63) is 58.1 Å². The van der Waals surface area contributed by atoms with Crippen LogP contribution in [0, 0.1) is 10.1 Å². The van der Waals surface area contributed by atoms with E-state index in [-0.39, 0.29) is 5.69 Å². The molecule has 0 spiro atoms. The van der Waals surface area contributed by atoms with Gasteiger partial charge in [-0.25, -0.2) is 0 Å². The number of alkyl halides is 3. The zero-order chi connectivity index (χ0) is 21.4. The third kappa shape index (κ3) is 6.66. The molecular formula is C19H19F3N2O5. The minimum Gasteiger partial charge on any atom is -0.494 e. The number of nitro groups is 1. The molecule has 10 heteroatoms. The number of halogens is 3. The number of nitro benzene ring substituents is 1. The molecule has 2 aromatic rings. The predicted molar refractivity (Wildman–Crippen MR) is 99.1 cm³/mol. The molecule has 0 heterocycles. The van der Waals surface area contributed by atoms with Gasteiger partial charge in [0.1, 0.15) is 17.1 Å². The van der Waals surface area contributed by atoms with Gasteiger partial charge >= 0.3 is 6.18 Å². The molecule has 0 radical (unpaired) electrons. The number of amides is 1. The number of ether oxygens (including phenoxy) is 2. The zero-order valence-corrected chi connectivity index (χ0v) is 15.5. The van der Waals surface area contributed by atoms with Crippen LogP contribution in [0.3, 0.4) is 0 Å². The molecule has 2 rings (SSSR count). The number of benzene rings is 2. The van der Waals surface area contributed by atoms with Crippen LogP contribution in [0.5, 0.6) is 11.5 Å². The van der Waals surface area contributed by atoms with E-state index in [9.17, 15) is 28.1 Å². The van der Waals surface area contributed by atoms with Gasteiger partial charge < -0.3 is 14.8 Å². The highest BCUT2D eigenvalue weighted by Crippen LogP contribution is 2.37. The molecule has 29 heavy (non-hydrogen) atoms. The molecule has 156 valence electrons. The third-order valence-corrected chi connectivity index (χ3v) is 3.74. The third-order valence-electron chi connectivity index (χ3n) is 3.74. The van der Waals surface area contributed by atoms with Crippen LogP contribution in [0.4, 0.5) is 24.5 Å². The van der Waals surface area contributed by atoms with Gasteiger partial charge in [-0.3, -0.25) is 14.9 Å². The van der Waals surface area contributed by atoms with Gasteiger partial charge in [0.15, 0.2) is 6.61 Å². The Morgan fingerprint density at radius 3 is 2.28 bits per heavy atom. The Kier molecular flexibility index (Phi) is 7.40. The maximum atomic E-state index is 13.0. The molecule has 1 N–H and O–H groups in total. The van der Waals surface area contributed by atoms with Crippen molar-refractivity contribution in [2.45, 2.75) is 25.9 Å². The molecule has 0 aliphatic rings. The summed E-state index contributed by atoms with van der Waals surface area (Å²) in [7, 11) is 0. The van der Waals surface area contributed by atoms with E-state index in [2.05, 4.69) is 5.32 Å². The Hall–Kier alpha value is -3.30. The highest BCUT2D eigenvalue weighted by Gasteiger charge is 2.38. The summed E-state index contributed by atoms with van der Waals surface area (Å²) >= 11 is 0. The van der Waals surface area contributed by atoms with Crippen LogP contribution in [0.2, 0.25) is 0 Å². The second-order valence-electron chi connectivity index (χ2n) is 6.00. The average molecular weight is 412 g/mol. The lowest BCUT2D eigenvalue weighted by Crippen LogP contribution is -2.20. The number of unbranched alkanes of at least 4 members (excludes halogenated alkanes) is 1. The number of nitrogens with zero attached hydrogens (tertiary/aromatic N) is 1. The standard InChI is InChI=1S/C19H19F3N2O5/c1-2-3-10-28-14-5-7-15(8-6-14)29-12-18(25)23-13-4-9-17(24(26)27)16(11-13)19(20,21)22/h4-9,11H,2-3,10,12H2,1H3,(H,23,25). The van der Waals surface area contributed by atoms with Gasteiger partial charge in [-0.2, -0.15) is 13.2 Å². The van der Waals surface area contributed by atoms with Gasteiger partial charge in [0.25, 0.3) is 11.6 Å². The number of hydrogen-bond donors (Lipinski definition) is 1. The molecular weight excluding hydrogens is 393 g/mol. The quantitative estimate of drug-likeness (QED) is 0.363. The van der Waals surface area contributed by atoms with Gasteiger partial charge in [-0.15, -0.1) is 0 Å². The number of rotatable bonds is 9. The molecule has 0 aromatic heterocycles. The monoisotopic (exact) mass is 412 g/mol. The fourth-order valence-electron chi connectivity index (χ4n) is 2.31. The first-order valence-corrected chi connectivity index (χ1v) is 8.72. The summed E-state index contributed by atoms with van der Waals surface area (Å²) in [4.78, 5) is 21.5. The van der Waals surface area contributed by atoms with Gasteiger partial charge in [0.2, 0.25) is 0 Å². The van der Waals surface area contributed by atoms with Crippen molar-refractivity contribution in [3.8, 4) is 11.5 Å². The topological polar surface area (TPSA) is 90.7 Å². The first-order chi connectivity index (χ1) is 13.7. The van der Waals surface area contributed by atoms with Crippen LogP contribution in [-0.4, -0.2) is 24.0 Å². The lowest BCUT2D eigenvalue weighted by Gasteiger charge is -2.11. The van der Waals surface area contributed by atoms with Crippen molar-refractivity contribution in [2.75, 3.05) is 18.5 Å². The summed E-state index contributed by atoms with van der Waals surface area (Å²) in [5.74, 6) is 0.318. The van der Waals surface area contributed by atoms with E-state index in [4.69, 9.17) is 9.47 Å². The first kappa shape index (κ1) is 22.0. The fraction of sp³-hybridized carbons (Fsp3) is 0.316. The van der Waals surface area contributed by atoms with E-state index in [1.165, 1.54) is 0 Å². The summed E-state index contributed by atoms with van der Waals surface area (Å²) in [6, 6.07) is 8.77. The molecule has 0 aliphatic heterocycles. The maximum Gasteiger partial charge on any atom is 0.423 e. The second kappa shape index (κ2) is 9.76. The van der Waals surface area contributed by atoms with Crippen molar-refractivity contribution >= 4 is 17.3 Å². The molecule has 2 aromatic carbocycles. The van der Waals surface area contributed by atoms with Gasteiger partial charge in [-0.1, -0.05) is 13.3 Å². The lowest BCUT2D eigenvalue weighted by molar-refractivity contribution is -0.388. The molecule has 0 aliphatic carbocycles. The van der Waals surface area contributed by atoms with Crippen LogP contribution in [0.15, 0.2) is 42.5 Å². The Balaban J connectivity index is 1.95. The minimum atomic E-state index is -4.93. The van der Waals surface area contributed by atoms with Crippen molar-refractivity contribution in [2.24, 2.45) is 0 Å². The van der Waals surface area contributed by atoms with E-state index in [0.29, 0.717) is 30.2 Å². The molecule has 0 saturated heterocycles. The molecule has 0 fully saturated rings. The van der Waals surface area contributed by atoms with E-state index >= 15 is 0 Å². The summed E-state index contributed by atoms with van der Waals surface area (Å²) < 4.78 is 49.7. The number of anilines is 1. The fourth-order valence-corrected chi connectivity index (χ4v) is 2.31. The molecule has 0 bridgehead atoms. The minimum absolute atomic E-state index is 0.226. The summed E-state index contributed by atoms with van der Waals surface area (Å²) in [6.07, 6.45) is -2.99. The van der Waals surface area contributed by atoms with E-state index in [0.717, 1.165) is 18.9 Å². The van der Waals surface area contributed by atoms with Crippen LogP contribution < -0.4 is 14.8 Å². The van der Waals surface area contributed by atoms with Gasteiger partial charge in [-0.05, 0) is 42.8 Å². The number of hydrogen-bond acceptors (Lipinski definition) is 5. The Morgan fingerprint density at radius 1 is 1.10 bits per heavy atom. The lowest BCUT2D eigenvalue weighted by atomic mass is 10.1. The normalized spacial score (nSPS) is 11.0. The van der Waals surface area contributed by atoms with Crippen molar-refractivity contribution < 1.29 is 32.4 Å². The summed E-state index contributed by atoms with van der Waals surface area (Å²) in [5.41, 5.74) is -2.76. The van der Waals surface area contributed by atoms with E-state index in [1.54, 1.807) is 24.3 Å². The smallest absolute Gasteiger partial charge is 0.423 e. The van der Waals surface area contributed by atoms with E-state index < -0.39 is 34.9 Å². The average Bonchev–Trinajstić information content (AvgIpc) is 2.66. The first-order valence-electron chi connectivity index (χ1n) is 8.72. The maximum absolute atomic E-state index is 13.0. The SMILES string of the molecule is CCCCOc1ccc(OCC(=O)Nc2ccc([N+](=O)[O-])c(C(F)(F)F)c2)cc1. The van der Waals surface area contributed by atoms with E-state index in [1.807, 2.05) is 6.92 Å². The molecule has 0 atom stereocenters. The number of carbonyl (C=O) groups is 1. The number of carbonyl (C=O) groups excluding carboxylic acids is 1. The molecule has 1 amide bonds. The van der Waals surface area contributed by atoms with Crippen LogP contribution in [-0.2, 0) is 11.0 Å². The van der Waals surface area contributed by atoms with Crippen molar-refractivity contribution in [1.82, 2.24) is 0 Å². The molecule has 7 nitrogen and oxygen atoms in total. The predicted octanol–water partition coefficient (Wildman–Crippen LogP) is 4.81. The molecule has 0 saturated carbocycles. The largest absolute Gasteiger partial charge is 0.494 e. The second-order valence-corrected chi connectivity index (χ2v) is 6.00. The zero-order valence-electron chi connectivity index (χ0n) is 15.5. The van der Waals surface area contributed by atoms with Crippen molar-refractivity contribution in [1.29, 1.82) is 0 Å². The highest BCUT2D eigenvalue weighted by molar-refractivity contribution is 5.92. The molecule has 0 unspecified atom stereocenters. The Morgan fingerprint density at radius 2 is 1.72 bits per heavy atom. The number of nitrogens with one attached hydrogen (secondary N) is 1. The van der Waals surface area contributed by atoms with Gasteiger partial charge in [0, 0.05) is 11.8 Å². The van der Waals surface area contributed by atoms with Crippen LogP contribution >= 0.6 is 0 Å². The Labute approximate surface area is 164 Å². The van der Waals surface area contributed by atoms with Crippen molar-refractivity contribution in [3.63, 3.8) is 0 Å². The highest BCUT2D eigenvalue weighted by atomic mass is 19.4. The van der Waals surface area contributed by atoms with Crippen LogP contribution in [0.25, 0.3) is 0 Å². The summed E-state index contributed by atoms with van der Waals surface area (Å²) in [6.45, 7) is 2.19. The van der Waals surface area contributed by atoms with Crippen LogP contribution in [0.1, 0.15) is 25.3 Å². The summed E-state index contributed by atoms with van der Waals surface area (Å²) in [5, 5.41) is 13.0.